The molecule has 1 heterocycles. The number of carboxylic acid groups (broad SMARTS) is 1. The number of rotatable bonds is 18. The molecule has 0 aliphatic carbocycles. The molecule has 0 unspecified atom stereocenters. The maximum atomic E-state index is 14.6. The summed E-state index contributed by atoms with van der Waals surface area (Å²) in [7, 11) is 2.02. The second kappa shape index (κ2) is 27.3. The molecule has 16 N–H and O–H groups in total. The molecule has 0 bridgehead atoms. The Bertz CT molecular complexity index is 2430. The Morgan fingerprint density at radius 1 is 0.732 bits per heavy atom. The van der Waals surface area contributed by atoms with E-state index in [4.69, 9.17) is 22.9 Å². The van der Waals surface area contributed by atoms with Crippen LogP contribution in [0.5, 0.6) is 0 Å². The highest BCUT2D eigenvalue weighted by Crippen LogP contribution is 2.39. The van der Waals surface area contributed by atoms with Gasteiger partial charge in [-0.25, -0.2) is 4.79 Å². The number of carbonyl (C=O) groups is 8. The Morgan fingerprint density at radius 2 is 1.31 bits per heavy atom. The van der Waals surface area contributed by atoms with Crippen molar-refractivity contribution in [1.82, 2.24) is 37.2 Å². The lowest BCUT2D eigenvalue weighted by atomic mass is 9.96. The van der Waals surface area contributed by atoms with E-state index in [-0.39, 0.29) is 62.9 Å². The van der Waals surface area contributed by atoms with Crippen LogP contribution >= 0.6 is 21.6 Å². The van der Waals surface area contributed by atoms with Gasteiger partial charge in [-0.1, -0.05) is 94.4 Å². The molecule has 1 aliphatic rings. The van der Waals surface area contributed by atoms with Crippen molar-refractivity contribution in [3.05, 3.63) is 83.9 Å². The minimum Gasteiger partial charge on any atom is -0.480 e. The largest absolute Gasteiger partial charge is 0.480 e. The van der Waals surface area contributed by atoms with Crippen molar-refractivity contribution in [1.29, 1.82) is 0 Å². The number of benzene rings is 3. The quantitative estimate of drug-likeness (QED) is 0.0328. The van der Waals surface area contributed by atoms with Crippen molar-refractivity contribution in [3.8, 4) is 0 Å². The zero-order chi connectivity index (χ0) is 52.3. The fourth-order valence-corrected chi connectivity index (χ4v) is 10.3. The van der Waals surface area contributed by atoms with Gasteiger partial charge in [-0.05, 0) is 68.4 Å². The molecule has 3 aromatic rings. The fourth-order valence-electron chi connectivity index (χ4n) is 7.50. The number of carboxylic acids is 1. The Kier molecular flexibility index (Phi) is 21.8. The van der Waals surface area contributed by atoms with Crippen LogP contribution in [-0.4, -0.2) is 130 Å². The first-order valence-corrected chi connectivity index (χ1v) is 25.2. The van der Waals surface area contributed by atoms with Crippen LogP contribution in [0, 0.1) is 0 Å². The summed E-state index contributed by atoms with van der Waals surface area (Å²) in [4.78, 5) is 118. The van der Waals surface area contributed by atoms with Crippen molar-refractivity contribution in [2.45, 2.75) is 113 Å². The zero-order valence-corrected chi connectivity index (χ0v) is 41.7. The summed E-state index contributed by atoms with van der Waals surface area (Å²) in [6, 6.07) is 12.4. The van der Waals surface area contributed by atoms with Gasteiger partial charge in [0, 0.05) is 38.6 Å². The molecule has 0 radical (unpaired) electrons. The van der Waals surface area contributed by atoms with Crippen molar-refractivity contribution < 1.29 is 43.5 Å². The molecule has 384 valence electrons. The van der Waals surface area contributed by atoms with E-state index in [1.54, 1.807) is 50.2 Å². The first kappa shape index (κ1) is 56.5. The van der Waals surface area contributed by atoms with E-state index in [2.05, 4.69) is 47.2 Å². The van der Waals surface area contributed by atoms with Gasteiger partial charge in [-0.15, -0.1) is 0 Å². The van der Waals surface area contributed by atoms with E-state index in [0.717, 1.165) is 32.4 Å². The second-order valence-electron chi connectivity index (χ2n) is 17.4. The van der Waals surface area contributed by atoms with Crippen molar-refractivity contribution in [2.75, 3.05) is 18.8 Å². The number of hydrogen-bond donors (Lipinski definition) is 12. The lowest BCUT2D eigenvalue weighted by molar-refractivity contribution is -0.143. The molecule has 0 saturated carbocycles. The molecule has 4 rings (SSSR count). The average Bonchev–Trinajstić information content (AvgIpc) is 3.31. The number of nitrogens with one attached hydrogen (secondary N) is 7. The summed E-state index contributed by atoms with van der Waals surface area (Å²) in [5.41, 5.74) is 23.2. The van der Waals surface area contributed by atoms with Gasteiger partial charge in [0.25, 0.3) is 0 Å². The van der Waals surface area contributed by atoms with Crippen LogP contribution in [0.1, 0.15) is 64.5 Å². The number of nitrogens with two attached hydrogens (primary N) is 4. The summed E-state index contributed by atoms with van der Waals surface area (Å²) in [5, 5.41) is 31.0. The molecule has 7 atom stereocenters. The van der Waals surface area contributed by atoms with E-state index in [1.165, 1.54) is 13.8 Å². The molecule has 22 nitrogen and oxygen atoms in total. The standard InChI is InChI=1S/C47H65N13O9S2/c1-26(54-39(63)32(55-27(2)61)19-11-21-52-45(48)49)38(62)59-36-25-70-71-47(3,4)37(44(68)69)60-42(66)35(24-30-17-10-16-29-15-8-9-18-31(29)30)58-41(65)34(23-28-13-6-5-7-14-28)57-40(64)33(56-43(36)67)20-12-22-53-46(50)51/h5-10,13-18,26,32-37H,11-12,19-25H2,1-4H3,(H,54,63)(H,55,61)(H,56,67)(H,57,64)(H,58,65)(H,59,62)(H,60,66)(H,68,69)(H4,48,49,52)(H4,50,51,53)/t26-,32-,33-,34-,35-,36+,37+/m0/s1. The van der Waals surface area contributed by atoms with Crippen molar-refractivity contribution in [2.24, 2.45) is 32.9 Å². The molecule has 1 fully saturated rings. The smallest absolute Gasteiger partial charge is 0.327 e. The number of carbonyl (C=O) groups excluding carboxylic acids is 7. The van der Waals surface area contributed by atoms with Crippen molar-refractivity contribution in [3.63, 3.8) is 0 Å². The Labute approximate surface area is 419 Å². The van der Waals surface area contributed by atoms with Crippen LogP contribution in [0.25, 0.3) is 10.8 Å². The molecular weight excluding hydrogens is 955 g/mol. The number of fused-ring (bicyclic) bond motifs is 1. The highest BCUT2D eigenvalue weighted by molar-refractivity contribution is 8.77. The minimum absolute atomic E-state index is 0.0454. The summed E-state index contributed by atoms with van der Waals surface area (Å²) in [6.07, 6.45) is 0.438. The summed E-state index contributed by atoms with van der Waals surface area (Å²) in [5.74, 6) is -7.19. The summed E-state index contributed by atoms with van der Waals surface area (Å²) in [6.45, 7) is 5.99. The lowest BCUT2D eigenvalue weighted by Crippen LogP contribution is -2.61. The third-order valence-electron chi connectivity index (χ3n) is 11.2. The van der Waals surface area contributed by atoms with Gasteiger partial charge in [-0.3, -0.25) is 43.5 Å². The van der Waals surface area contributed by atoms with Crippen LogP contribution < -0.4 is 60.2 Å². The number of aliphatic carboxylic acids is 1. The molecule has 24 heteroatoms. The number of amides is 7. The molecule has 0 aromatic heterocycles. The third kappa shape index (κ3) is 18.3. The molecule has 1 aliphatic heterocycles. The molecule has 0 spiro atoms. The Balaban J connectivity index is 1.74. The van der Waals surface area contributed by atoms with Gasteiger partial charge < -0.3 is 65.3 Å². The van der Waals surface area contributed by atoms with Crippen molar-refractivity contribution >= 4 is 91.6 Å². The molecule has 1 saturated heterocycles. The highest BCUT2D eigenvalue weighted by Gasteiger charge is 2.41. The van der Waals surface area contributed by atoms with Crippen LogP contribution in [0.4, 0.5) is 0 Å². The average molecular weight is 1020 g/mol. The van der Waals surface area contributed by atoms with Gasteiger partial charge in [0.1, 0.15) is 42.3 Å². The molecule has 7 amide bonds. The van der Waals surface area contributed by atoms with Gasteiger partial charge in [0.05, 0.1) is 4.75 Å². The molecule has 3 aromatic carbocycles. The first-order valence-electron chi connectivity index (χ1n) is 22.9. The van der Waals surface area contributed by atoms with Gasteiger partial charge in [0.2, 0.25) is 41.4 Å². The van der Waals surface area contributed by atoms with Crippen LogP contribution in [0.2, 0.25) is 0 Å². The van der Waals surface area contributed by atoms with Crippen LogP contribution in [0.3, 0.4) is 0 Å². The predicted molar refractivity (Wildman–Crippen MR) is 274 cm³/mol. The van der Waals surface area contributed by atoms with Gasteiger partial charge in [-0.2, -0.15) is 0 Å². The number of aliphatic imine (C=N–C) groups is 2. The Morgan fingerprint density at radius 3 is 1.96 bits per heavy atom. The predicted octanol–water partition coefficient (Wildman–Crippen LogP) is -0.576. The zero-order valence-electron chi connectivity index (χ0n) is 40.1. The van der Waals surface area contributed by atoms with Gasteiger partial charge in [0.15, 0.2) is 11.9 Å². The summed E-state index contributed by atoms with van der Waals surface area (Å²) < 4.78 is -1.30. The van der Waals surface area contributed by atoms with E-state index in [1.807, 2.05) is 36.4 Å². The monoisotopic (exact) mass is 1020 g/mol. The highest BCUT2D eigenvalue weighted by atomic mass is 33.1. The summed E-state index contributed by atoms with van der Waals surface area (Å²) >= 11 is 0. The van der Waals surface area contributed by atoms with E-state index in [0.29, 0.717) is 17.5 Å². The molecule has 71 heavy (non-hydrogen) atoms. The Hall–Kier alpha value is -7.08. The topological polar surface area (TPSA) is 370 Å². The normalized spacial score (nSPS) is 20.8. The maximum absolute atomic E-state index is 14.6. The van der Waals surface area contributed by atoms with Crippen LogP contribution in [-0.2, 0) is 51.2 Å². The first-order chi connectivity index (χ1) is 33.6. The number of nitrogens with zero attached hydrogens (tertiary/aromatic N) is 2. The molecular formula is C47H65N13O9S2. The third-order valence-corrected chi connectivity index (χ3v) is 14.5. The van der Waals surface area contributed by atoms with Gasteiger partial charge >= 0.3 is 5.97 Å². The minimum atomic E-state index is -1.56. The SMILES string of the molecule is CC(=O)N[C@@H](CCCN=C(N)N)C(=O)N[C@@H](C)C(=O)N[C@@H]1CSSC(C)(C)[C@@H](C(=O)O)NC(=O)[C@H](Cc2cccc3ccccc23)NC(=O)[C@H](Cc2ccccc2)NC(=O)[C@H](CCCN=C(N)N)NC1=O. The lowest BCUT2D eigenvalue weighted by Gasteiger charge is -2.32. The van der Waals surface area contributed by atoms with E-state index >= 15 is 0 Å². The maximum Gasteiger partial charge on any atom is 0.327 e. The fraction of sp³-hybridized carbons (Fsp3) is 0.447. The van der Waals surface area contributed by atoms with Crippen LogP contribution in [0.15, 0.2) is 82.8 Å². The number of guanidine groups is 2. The van der Waals surface area contributed by atoms with E-state index < -0.39 is 94.4 Å². The van der Waals surface area contributed by atoms with E-state index in [9.17, 15) is 43.5 Å². The second-order valence-corrected chi connectivity index (χ2v) is 20.4. The number of hydrogen-bond acceptors (Lipinski definition) is 12.